The molecule has 4 rings (SSSR count). The molecule has 1 heterocycles. The van der Waals surface area contributed by atoms with E-state index in [1.165, 1.54) is 18.4 Å². The van der Waals surface area contributed by atoms with Crippen LogP contribution < -0.4 is 5.73 Å². The number of nitrogens with zero attached hydrogens (tertiary/aromatic N) is 1. The van der Waals surface area contributed by atoms with Gasteiger partial charge in [0.2, 0.25) is 0 Å². The summed E-state index contributed by atoms with van der Waals surface area (Å²) in [5.41, 5.74) is 10.2. The van der Waals surface area contributed by atoms with Crippen molar-refractivity contribution in [3.63, 3.8) is 0 Å². The van der Waals surface area contributed by atoms with Gasteiger partial charge < -0.3 is 10.6 Å². The number of piperidine rings is 1. The number of benzene rings is 3. The van der Waals surface area contributed by atoms with Crippen LogP contribution in [0.1, 0.15) is 53.8 Å². The zero-order valence-corrected chi connectivity index (χ0v) is 22.8. The molecule has 0 saturated carbocycles. The van der Waals surface area contributed by atoms with Crippen LogP contribution in [0.3, 0.4) is 0 Å². The molecule has 3 aromatic carbocycles. The number of nitrogens with two attached hydrogens (primary N) is 1. The smallest absolute Gasteiger partial charge is 0.156 e. The fourth-order valence-corrected chi connectivity index (χ4v) is 6.14. The highest BCUT2D eigenvalue weighted by molar-refractivity contribution is 7.58. The molecular formula is C27H29Cl4N2S+. The zero-order valence-electron chi connectivity index (χ0n) is 18.8. The molecule has 0 bridgehead atoms. The van der Waals surface area contributed by atoms with Crippen molar-refractivity contribution in [2.45, 2.75) is 42.0 Å². The van der Waals surface area contributed by atoms with Crippen LogP contribution in [-0.2, 0) is 12.6 Å². The maximum absolute atomic E-state index is 6.87. The molecular weight excluding hydrogens is 526 g/mol. The Hall–Kier alpha value is -0.910. The van der Waals surface area contributed by atoms with Gasteiger partial charge in [-0.1, -0.05) is 82.8 Å². The van der Waals surface area contributed by atoms with Gasteiger partial charge in [-0.15, -0.1) is 0 Å². The lowest BCUT2D eigenvalue weighted by Gasteiger charge is -2.34. The number of hydrogen-bond donors (Lipinski definition) is 1. The maximum Gasteiger partial charge on any atom is 0.156 e. The van der Waals surface area contributed by atoms with E-state index in [4.69, 9.17) is 52.1 Å². The average Bonchev–Trinajstić information content (AvgIpc) is 2.85. The lowest BCUT2D eigenvalue weighted by atomic mass is 9.84. The SMILES string of the molecule is NC(c1c([SH2+])ccc(Cl)c1Cl)C(CCN1CCC(c2ccccc2)CC1)c1ccc(Cl)c(Cl)c1. The Balaban J connectivity index is 1.51. The molecule has 0 aliphatic carbocycles. The molecule has 0 amide bonds. The summed E-state index contributed by atoms with van der Waals surface area (Å²) in [6.07, 6.45) is 3.20. The van der Waals surface area contributed by atoms with Gasteiger partial charge in [-0.25, -0.2) is 0 Å². The van der Waals surface area contributed by atoms with Gasteiger partial charge in [0, 0.05) is 17.5 Å². The second-order valence-corrected chi connectivity index (χ2v) is 11.1. The van der Waals surface area contributed by atoms with Crippen molar-refractivity contribution in [2.24, 2.45) is 5.73 Å². The molecule has 7 heteroatoms. The number of hydrogen-bond acceptors (Lipinski definition) is 2. The van der Waals surface area contributed by atoms with Crippen LogP contribution in [0.25, 0.3) is 0 Å². The summed E-state index contributed by atoms with van der Waals surface area (Å²) >= 11 is 29.2. The minimum atomic E-state index is -0.363. The summed E-state index contributed by atoms with van der Waals surface area (Å²) < 4.78 is 0. The molecule has 1 aliphatic heterocycles. The zero-order chi connectivity index (χ0) is 24.2. The number of likely N-dealkylation sites (tertiary alicyclic amines) is 1. The monoisotopic (exact) mass is 553 g/mol. The van der Waals surface area contributed by atoms with E-state index < -0.39 is 0 Å². The van der Waals surface area contributed by atoms with Crippen LogP contribution in [0, 0.1) is 0 Å². The normalized spacial score (nSPS) is 17.0. The standard InChI is InChI=1S/C27H28Cl4N2S/c28-21-7-6-19(16-23(21)30)20(27(32)25-24(34)9-8-22(29)26(25)31)12-15-33-13-10-18(11-14-33)17-4-2-1-3-5-17/h1-9,16,18,20,27,34H,10-15,32H2/p+1. The molecule has 2 N–H and O–H groups in total. The van der Waals surface area contributed by atoms with E-state index >= 15 is 0 Å². The van der Waals surface area contributed by atoms with Gasteiger partial charge in [0.25, 0.3) is 0 Å². The molecule has 0 radical (unpaired) electrons. The summed E-state index contributed by atoms with van der Waals surface area (Å²) in [7, 11) is 0. The van der Waals surface area contributed by atoms with Crippen LogP contribution >= 0.6 is 46.4 Å². The Bertz CT molecular complexity index is 1120. The second kappa shape index (κ2) is 11.9. The van der Waals surface area contributed by atoms with Crippen molar-refractivity contribution in [1.82, 2.24) is 4.90 Å². The summed E-state index contributed by atoms with van der Waals surface area (Å²) in [5, 5.41) is 2.03. The Morgan fingerprint density at radius 2 is 1.56 bits per heavy atom. The maximum atomic E-state index is 6.87. The van der Waals surface area contributed by atoms with E-state index in [2.05, 4.69) is 47.9 Å². The molecule has 1 fully saturated rings. The Morgan fingerprint density at radius 1 is 0.882 bits per heavy atom. The third kappa shape index (κ3) is 6.07. The van der Waals surface area contributed by atoms with Crippen LogP contribution in [0.5, 0.6) is 0 Å². The molecule has 0 spiro atoms. The molecule has 180 valence electrons. The van der Waals surface area contributed by atoms with E-state index in [1.807, 2.05) is 24.3 Å². The third-order valence-corrected chi connectivity index (χ3v) is 8.88. The van der Waals surface area contributed by atoms with Crippen LogP contribution in [0.2, 0.25) is 20.1 Å². The highest BCUT2D eigenvalue weighted by Crippen LogP contribution is 2.41. The minimum Gasteiger partial charge on any atom is -0.323 e. The van der Waals surface area contributed by atoms with Crippen molar-refractivity contribution in [2.75, 3.05) is 19.6 Å². The lowest BCUT2D eigenvalue weighted by Crippen LogP contribution is -2.35. The first-order chi connectivity index (χ1) is 16.3. The van der Waals surface area contributed by atoms with Crippen molar-refractivity contribution >= 4 is 59.0 Å². The first-order valence-electron chi connectivity index (χ1n) is 11.5. The van der Waals surface area contributed by atoms with E-state index in [1.54, 1.807) is 6.07 Å². The summed E-state index contributed by atoms with van der Waals surface area (Å²) in [6, 6.07) is 19.9. The largest absolute Gasteiger partial charge is 0.323 e. The first kappa shape index (κ1) is 26.2. The van der Waals surface area contributed by atoms with Crippen LogP contribution in [-0.4, -0.2) is 24.5 Å². The van der Waals surface area contributed by atoms with Crippen LogP contribution in [0.4, 0.5) is 0 Å². The Morgan fingerprint density at radius 3 is 2.24 bits per heavy atom. The minimum absolute atomic E-state index is 0.00678. The second-order valence-electron chi connectivity index (χ2n) is 8.94. The van der Waals surface area contributed by atoms with Crippen molar-refractivity contribution in [3.05, 3.63) is 97.4 Å². The predicted octanol–water partition coefficient (Wildman–Crippen LogP) is 7.72. The summed E-state index contributed by atoms with van der Waals surface area (Å²) in [5.74, 6) is 0.624. The van der Waals surface area contributed by atoms with E-state index in [9.17, 15) is 0 Å². The van der Waals surface area contributed by atoms with Gasteiger partial charge in [0.15, 0.2) is 4.90 Å². The van der Waals surface area contributed by atoms with Gasteiger partial charge in [-0.2, -0.15) is 0 Å². The Labute approximate surface area is 227 Å². The predicted molar refractivity (Wildman–Crippen MR) is 150 cm³/mol. The van der Waals surface area contributed by atoms with Crippen LogP contribution in [0.15, 0.2) is 65.6 Å². The fraction of sp³-hybridized carbons (Fsp3) is 0.333. The number of rotatable bonds is 7. The van der Waals surface area contributed by atoms with Crippen molar-refractivity contribution in [3.8, 4) is 0 Å². The molecule has 0 aromatic heterocycles. The molecule has 34 heavy (non-hydrogen) atoms. The quantitative estimate of drug-likeness (QED) is 0.303. The van der Waals surface area contributed by atoms with Gasteiger partial charge in [-0.05, 0) is 92.8 Å². The molecule has 2 atom stereocenters. The highest BCUT2D eigenvalue weighted by atomic mass is 35.5. The first-order valence-corrected chi connectivity index (χ1v) is 13.5. The van der Waals surface area contributed by atoms with Gasteiger partial charge in [0.1, 0.15) is 0 Å². The van der Waals surface area contributed by atoms with E-state index in [-0.39, 0.29) is 12.0 Å². The molecule has 1 aliphatic rings. The molecule has 2 nitrogen and oxygen atoms in total. The molecule has 2 unspecified atom stereocenters. The summed E-state index contributed by atoms with van der Waals surface area (Å²) in [4.78, 5) is 3.38. The van der Waals surface area contributed by atoms with Gasteiger partial charge in [-0.3, -0.25) is 0 Å². The lowest BCUT2D eigenvalue weighted by molar-refractivity contribution is 0.202. The molecule has 1 saturated heterocycles. The third-order valence-electron chi connectivity index (χ3n) is 6.89. The Kier molecular flexibility index (Phi) is 9.14. The van der Waals surface area contributed by atoms with Gasteiger partial charge >= 0.3 is 0 Å². The van der Waals surface area contributed by atoms with Crippen molar-refractivity contribution in [1.29, 1.82) is 0 Å². The highest BCUT2D eigenvalue weighted by Gasteiger charge is 2.29. The summed E-state index contributed by atoms with van der Waals surface area (Å²) in [6.45, 7) is 3.09. The fourth-order valence-electron chi connectivity index (χ4n) is 4.93. The van der Waals surface area contributed by atoms with Gasteiger partial charge in [0.05, 0.1) is 20.1 Å². The average molecular weight is 555 g/mol. The number of halogens is 4. The van der Waals surface area contributed by atoms with E-state index in [0.29, 0.717) is 26.0 Å². The van der Waals surface area contributed by atoms with Crippen molar-refractivity contribution < 1.29 is 0 Å². The van der Waals surface area contributed by atoms with E-state index in [0.717, 1.165) is 42.1 Å². The molecule has 3 aromatic rings. The topological polar surface area (TPSA) is 29.3 Å².